The average molecular weight is 829 g/mol. The molecule has 15 atom stereocenters. The maximum Gasteiger partial charge on any atom is 0.331 e. The molecule has 3 aliphatic rings. The Balaban J connectivity index is 1.55. The molecule has 3 heterocycles. The van der Waals surface area contributed by atoms with Crippen LogP contribution in [0.2, 0.25) is 0 Å². The molecule has 21 nitrogen and oxygen atoms in total. The average Bonchev–Trinajstić information content (AvgIpc) is 3.18. The topological polar surface area (TPSA) is 331 Å². The van der Waals surface area contributed by atoms with Crippen LogP contribution in [0, 0.1) is 0 Å². The lowest BCUT2D eigenvalue weighted by Gasteiger charge is -2.49. The normalized spacial score (nSPS) is 35.4. The van der Waals surface area contributed by atoms with Gasteiger partial charge in [-0.2, -0.15) is 0 Å². The summed E-state index contributed by atoms with van der Waals surface area (Å²) in [5, 5.41) is 113. The Hall–Kier alpha value is -4.20. The Kier molecular flexibility index (Phi) is 15.2. The van der Waals surface area contributed by atoms with Gasteiger partial charge in [0.15, 0.2) is 48.0 Å². The predicted molar refractivity (Wildman–Crippen MR) is 189 cm³/mol. The van der Waals surface area contributed by atoms with E-state index in [4.69, 9.17) is 37.9 Å². The number of phenolic OH excluding ortho intramolecular Hbond substituents is 4. The van der Waals surface area contributed by atoms with Gasteiger partial charge < -0.3 is 94.1 Å². The number of aliphatic hydroxyl groups excluding tert-OH is 7. The molecule has 0 aliphatic carbocycles. The van der Waals surface area contributed by atoms with Crippen LogP contribution in [0.1, 0.15) is 25.0 Å². The van der Waals surface area contributed by atoms with Gasteiger partial charge in [0.2, 0.25) is 0 Å². The van der Waals surface area contributed by atoms with Crippen molar-refractivity contribution in [3.8, 4) is 23.0 Å². The monoisotopic (exact) mass is 828 g/mol. The van der Waals surface area contributed by atoms with Gasteiger partial charge in [0.25, 0.3) is 0 Å². The molecule has 3 fully saturated rings. The summed E-state index contributed by atoms with van der Waals surface area (Å²) in [6.45, 7) is 0.726. The summed E-state index contributed by atoms with van der Waals surface area (Å²) in [5.41, 5.74) is 0.721. The van der Waals surface area contributed by atoms with Crippen LogP contribution in [0.25, 0.3) is 6.08 Å². The molecular formula is C37H48O21. The van der Waals surface area contributed by atoms with Crippen molar-refractivity contribution in [2.75, 3.05) is 19.8 Å². The lowest BCUT2D eigenvalue weighted by molar-refractivity contribution is -0.390. The molecule has 0 amide bonds. The molecule has 3 saturated heterocycles. The van der Waals surface area contributed by atoms with Crippen molar-refractivity contribution in [2.45, 2.75) is 112 Å². The van der Waals surface area contributed by atoms with Gasteiger partial charge in [-0.05, 0) is 54.8 Å². The summed E-state index contributed by atoms with van der Waals surface area (Å²) < 4.78 is 46.9. The van der Waals surface area contributed by atoms with Gasteiger partial charge in [-0.1, -0.05) is 12.1 Å². The van der Waals surface area contributed by atoms with Gasteiger partial charge >= 0.3 is 11.9 Å². The van der Waals surface area contributed by atoms with Crippen molar-refractivity contribution in [3.05, 3.63) is 53.6 Å². The van der Waals surface area contributed by atoms with Gasteiger partial charge in [0.05, 0.1) is 19.3 Å². The number of esters is 2. The second-order valence-electron chi connectivity index (χ2n) is 13.9. The van der Waals surface area contributed by atoms with Gasteiger partial charge in [0, 0.05) is 13.0 Å². The van der Waals surface area contributed by atoms with Gasteiger partial charge in [-0.25, -0.2) is 4.79 Å². The zero-order chi connectivity index (χ0) is 42.4. The summed E-state index contributed by atoms with van der Waals surface area (Å²) in [6, 6.07) is 7.68. The van der Waals surface area contributed by atoms with E-state index in [0.717, 1.165) is 19.1 Å². The highest BCUT2D eigenvalue weighted by molar-refractivity contribution is 5.87. The third kappa shape index (κ3) is 10.7. The Morgan fingerprint density at radius 2 is 1.29 bits per heavy atom. The van der Waals surface area contributed by atoms with E-state index in [2.05, 4.69) is 0 Å². The second kappa shape index (κ2) is 19.7. The number of carbonyl (C=O) groups is 2. The molecule has 58 heavy (non-hydrogen) atoms. The molecule has 322 valence electrons. The third-order valence-electron chi connectivity index (χ3n) is 9.66. The first kappa shape index (κ1) is 44.9. The minimum absolute atomic E-state index is 0.0582. The second-order valence-corrected chi connectivity index (χ2v) is 13.9. The fourth-order valence-electron chi connectivity index (χ4n) is 6.40. The van der Waals surface area contributed by atoms with Crippen LogP contribution in [-0.4, -0.2) is 180 Å². The molecule has 11 N–H and O–H groups in total. The third-order valence-corrected chi connectivity index (χ3v) is 9.66. The highest BCUT2D eigenvalue weighted by Gasteiger charge is 2.56. The van der Waals surface area contributed by atoms with E-state index in [1.807, 2.05) is 0 Å². The van der Waals surface area contributed by atoms with Crippen molar-refractivity contribution in [1.29, 1.82) is 0 Å². The van der Waals surface area contributed by atoms with Crippen LogP contribution in [0.3, 0.4) is 0 Å². The minimum Gasteiger partial charge on any atom is -0.504 e. The molecule has 0 aromatic heterocycles. The Morgan fingerprint density at radius 3 is 1.93 bits per heavy atom. The van der Waals surface area contributed by atoms with Crippen molar-refractivity contribution >= 4 is 18.0 Å². The minimum atomic E-state index is -2.00. The van der Waals surface area contributed by atoms with Crippen molar-refractivity contribution in [3.63, 3.8) is 0 Å². The van der Waals surface area contributed by atoms with Crippen LogP contribution in [-0.2, 0) is 53.9 Å². The van der Waals surface area contributed by atoms with Gasteiger partial charge in [-0.15, -0.1) is 0 Å². The van der Waals surface area contributed by atoms with E-state index < -0.39 is 135 Å². The number of hydrogen-bond donors (Lipinski definition) is 11. The predicted octanol–water partition coefficient (Wildman–Crippen LogP) is -2.62. The maximum atomic E-state index is 13.5. The molecule has 2 aromatic carbocycles. The van der Waals surface area contributed by atoms with Crippen LogP contribution in [0.4, 0.5) is 0 Å². The Labute approximate surface area is 330 Å². The first-order valence-corrected chi connectivity index (χ1v) is 18.1. The number of hydrogen-bond acceptors (Lipinski definition) is 21. The summed E-state index contributed by atoms with van der Waals surface area (Å²) >= 11 is 0. The van der Waals surface area contributed by atoms with Crippen LogP contribution >= 0.6 is 0 Å². The molecule has 0 unspecified atom stereocenters. The fraction of sp³-hybridized carbons (Fsp3) is 0.568. The first-order chi connectivity index (χ1) is 27.5. The maximum absolute atomic E-state index is 13.5. The van der Waals surface area contributed by atoms with Crippen LogP contribution in [0.5, 0.6) is 23.0 Å². The van der Waals surface area contributed by atoms with Crippen molar-refractivity contribution in [2.24, 2.45) is 0 Å². The van der Waals surface area contributed by atoms with E-state index in [1.165, 1.54) is 43.3 Å². The van der Waals surface area contributed by atoms with Crippen molar-refractivity contribution in [1.82, 2.24) is 0 Å². The molecular weight excluding hydrogens is 780 g/mol. The smallest absolute Gasteiger partial charge is 0.331 e. The zero-order valence-corrected chi connectivity index (χ0v) is 31.1. The summed E-state index contributed by atoms with van der Waals surface area (Å²) in [6.07, 6.45) is -23.7. The lowest BCUT2D eigenvalue weighted by Crippen LogP contribution is -2.67. The first-order valence-electron chi connectivity index (χ1n) is 18.1. The number of aromatic hydroxyl groups is 4. The van der Waals surface area contributed by atoms with E-state index in [9.17, 15) is 65.8 Å². The number of aliphatic hydroxyl groups is 7. The van der Waals surface area contributed by atoms with E-state index >= 15 is 0 Å². The lowest BCUT2D eigenvalue weighted by atomic mass is 9.96. The van der Waals surface area contributed by atoms with Gasteiger partial charge in [-0.3, -0.25) is 4.79 Å². The number of rotatable bonds is 14. The number of carbonyl (C=O) groups excluding carboxylic acids is 2. The largest absolute Gasteiger partial charge is 0.504 e. The van der Waals surface area contributed by atoms with E-state index in [0.29, 0.717) is 5.56 Å². The summed E-state index contributed by atoms with van der Waals surface area (Å²) in [5.74, 6) is -3.60. The molecule has 0 radical (unpaired) electrons. The summed E-state index contributed by atoms with van der Waals surface area (Å²) in [7, 11) is 0. The number of ether oxygens (including phenoxy) is 8. The molecule has 0 spiro atoms. The highest BCUT2D eigenvalue weighted by atomic mass is 16.8. The quantitative estimate of drug-likeness (QED) is 0.0527. The molecule has 0 bridgehead atoms. The number of phenols is 4. The number of benzene rings is 2. The summed E-state index contributed by atoms with van der Waals surface area (Å²) in [4.78, 5) is 25.5. The van der Waals surface area contributed by atoms with Crippen LogP contribution in [0.15, 0.2) is 42.5 Å². The molecule has 3 aliphatic heterocycles. The highest BCUT2D eigenvalue weighted by Crippen LogP contribution is 2.36. The van der Waals surface area contributed by atoms with Crippen LogP contribution < -0.4 is 0 Å². The molecule has 21 heteroatoms. The Bertz CT molecular complexity index is 1720. The fourth-order valence-corrected chi connectivity index (χ4v) is 6.40. The molecule has 0 saturated carbocycles. The van der Waals surface area contributed by atoms with E-state index in [-0.39, 0.29) is 24.3 Å². The molecule has 2 aromatic rings. The van der Waals surface area contributed by atoms with Crippen molar-refractivity contribution < 1.29 is 104 Å². The Morgan fingerprint density at radius 1 is 0.690 bits per heavy atom. The van der Waals surface area contributed by atoms with Gasteiger partial charge in [0.1, 0.15) is 67.6 Å². The SMILES string of the molecule is CC(=O)OC[C@H]1O[C@@H](OCCc2ccc(O)c(O)c2)[C@H](O[C@@H]2O[C@H](CO)[C@H](O)[C@H](O)[C@H]2O)[C@@H](O[C@@H]2O[C@@H](C)[C@H](O)[C@@H](O)[C@H]2O)[C@@H]1OC(=O)/C=C/c1ccc(O)c(O)c1. The van der Waals surface area contributed by atoms with E-state index in [1.54, 1.807) is 0 Å². The standard InChI is InChI=1S/C37H48O21/c1-15-26(45)28(47)30(49)35(53-15)57-33-32(56-25(44)8-5-17-3-6-19(40)21(42)11-17)24(14-52-16(2)39)55-37(51-10-9-18-4-7-20(41)22(43)12-18)34(33)58-36-31(50)29(48)27(46)23(13-38)54-36/h3-8,11-12,15,23-24,26-38,40-43,45-50H,9-10,13-14H2,1-2H3/b8-5+/t15-,23+,24+,26-,27-,28+,29-,30+,31+,32+,33-,34+,35-,36-,37+/m0/s1. The molecule has 5 rings (SSSR count). The zero-order valence-electron chi connectivity index (χ0n) is 31.1.